The van der Waals surface area contributed by atoms with Gasteiger partial charge in [0.05, 0.1) is 11.7 Å². The number of nitrogens with zero attached hydrogens (tertiary/aromatic N) is 1. The maximum atomic E-state index is 14.5. The predicted octanol–water partition coefficient (Wildman–Crippen LogP) is 5.54. The van der Waals surface area contributed by atoms with Crippen molar-refractivity contribution in [2.45, 2.75) is 76.4 Å². The van der Waals surface area contributed by atoms with E-state index in [9.17, 15) is 26.4 Å². The first kappa shape index (κ1) is 30.0. The van der Waals surface area contributed by atoms with Gasteiger partial charge in [0.1, 0.15) is 33.8 Å². The summed E-state index contributed by atoms with van der Waals surface area (Å²) >= 11 is 3.50. The summed E-state index contributed by atoms with van der Waals surface area (Å²) in [4.78, 5) is 17.4. The number of carbonyl (C=O) groups excluding carboxylic acids is 1. The number of pyridine rings is 1. The van der Waals surface area contributed by atoms with Gasteiger partial charge in [0.2, 0.25) is 0 Å². The molecule has 0 radical (unpaired) electrons. The van der Waals surface area contributed by atoms with E-state index in [-0.39, 0.29) is 36.2 Å². The zero-order valence-corrected chi connectivity index (χ0v) is 24.4. The maximum Gasteiger partial charge on any atom is 0.408 e. The van der Waals surface area contributed by atoms with Gasteiger partial charge in [-0.1, -0.05) is 5.92 Å². The van der Waals surface area contributed by atoms with E-state index < -0.39 is 50.1 Å². The van der Waals surface area contributed by atoms with Crippen LogP contribution in [0, 0.1) is 23.5 Å². The second-order valence-corrected chi connectivity index (χ2v) is 14.2. The van der Waals surface area contributed by atoms with Crippen LogP contribution in [0.2, 0.25) is 0 Å². The number of alkyl halides is 1. The van der Waals surface area contributed by atoms with Crippen molar-refractivity contribution in [2.24, 2.45) is 0 Å². The summed E-state index contributed by atoms with van der Waals surface area (Å²) in [6, 6.07) is 2.07. The van der Waals surface area contributed by atoms with Gasteiger partial charge < -0.3 is 10.1 Å². The van der Waals surface area contributed by atoms with Crippen molar-refractivity contribution in [1.29, 1.82) is 0 Å². The van der Waals surface area contributed by atoms with E-state index in [4.69, 9.17) is 4.74 Å². The normalized spacial score (nSPS) is 16.3. The van der Waals surface area contributed by atoms with Gasteiger partial charge >= 0.3 is 6.09 Å². The molecule has 38 heavy (non-hydrogen) atoms. The SMILES string of the molecule is CC(C)(C)OC(=O)N[C@@H](Cc1cc(F)cc(F)c1)c1nc(C#CC(C)(C)S(C)(=O)=O)c2c(c1Br)C[C@@H](F)C2. The molecule has 1 aromatic carbocycles. The zero-order valence-electron chi connectivity index (χ0n) is 22.0. The molecule has 2 aromatic rings. The molecule has 1 aromatic heterocycles. The largest absolute Gasteiger partial charge is 0.444 e. The Bertz CT molecular complexity index is 1410. The molecule has 0 aliphatic heterocycles. The van der Waals surface area contributed by atoms with Gasteiger partial charge in [0.15, 0.2) is 9.84 Å². The summed E-state index contributed by atoms with van der Waals surface area (Å²) in [5, 5.41) is 2.71. The topological polar surface area (TPSA) is 85.4 Å². The minimum Gasteiger partial charge on any atom is -0.444 e. The van der Waals surface area contributed by atoms with Crippen LogP contribution in [0.4, 0.5) is 18.0 Å². The Kier molecular flexibility index (Phi) is 8.59. The van der Waals surface area contributed by atoms with Crippen molar-refractivity contribution in [3.63, 3.8) is 0 Å². The van der Waals surface area contributed by atoms with Crippen molar-refractivity contribution in [1.82, 2.24) is 10.3 Å². The first-order chi connectivity index (χ1) is 17.4. The zero-order chi connectivity index (χ0) is 28.6. The minimum atomic E-state index is -3.54. The van der Waals surface area contributed by atoms with Gasteiger partial charge in [-0.25, -0.2) is 31.4 Å². The highest BCUT2D eigenvalue weighted by Crippen LogP contribution is 2.37. The standard InChI is InChI=1S/C27H30BrF3N2O4S/c1-26(2,3)37-25(34)33-22(11-15-9-16(29)12-17(30)10-15)24-23(28)20-14-18(31)13-19(20)21(32-24)7-8-27(4,5)38(6,35)36/h9-10,12,18,22H,11,13-14H2,1-6H3,(H,33,34)/t18-,22-/m0/s1. The lowest BCUT2D eigenvalue weighted by Crippen LogP contribution is -2.36. The molecule has 1 aliphatic rings. The van der Waals surface area contributed by atoms with E-state index >= 15 is 0 Å². The Labute approximate surface area is 229 Å². The van der Waals surface area contributed by atoms with Crippen molar-refractivity contribution in [3.8, 4) is 11.8 Å². The first-order valence-corrected chi connectivity index (χ1v) is 14.6. The second-order valence-electron chi connectivity index (χ2n) is 10.8. The molecule has 0 bridgehead atoms. The van der Waals surface area contributed by atoms with Crippen LogP contribution in [0.3, 0.4) is 0 Å². The summed E-state index contributed by atoms with van der Waals surface area (Å²) in [5.74, 6) is 3.98. The van der Waals surface area contributed by atoms with Crippen LogP contribution in [0.15, 0.2) is 22.7 Å². The highest BCUT2D eigenvalue weighted by atomic mass is 79.9. The smallest absolute Gasteiger partial charge is 0.408 e. The Hall–Kier alpha value is -2.58. The highest BCUT2D eigenvalue weighted by molar-refractivity contribution is 9.10. The molecule has 0 unspecified atom stereocenters. The van der Waals surface area contributed by atoms with E-state index in [0.29, 0.717) is 15.6 Å². The van der Waals surface area contributed by atoms with Gasteiger partial charge in [-0.05, 0) is 91.7 Å². The number of ether oxygens (including phenoxy) is 1. The predicted molar refractivity (Wildman–Crippen MR) is 142 cm³/mol. The third kappa shape index (κ3) is 7.29. The number of halogens is 4. The van der Waals surface area contributed by atoms with Crippen molar-refractivity contribution in [3.05, 3.63) is 62.4 Å². The molecule has 1 N–H and O–H groups in total. The summed E-state index contributed by atoms with van der Waals surface area (Å²) in [6.45, 7) is 7.97. The second kappa shape index (κ2) is 10.9. The fourth-order valence-corrected chi connectivity index (χ4v) is 4.88. The fourth-order valence-electron chi connectivity index (χ4n) is 3.88. The Morgan fingerprint density at radius 3 is 2.29 bits per heavy atom. The van der Waals surface area contributed by atoms with Gasteiger partial charge in [0, 0.05) is 29.6 Å². The van der Waals surface area contributed by atoms with E-state index in [1.54, 1.807) is 20.8 Å². The number of alkyl carbamates (subject to hydrolysis) is 1. The van der Waals surface area contributed by atoms with Crippen molar-refractivity contribution in [2.75, 3.05) is 6.26 Å². The minimum absolute atomic E-state index is 0.0454. The lowest BCUT2D eigenvalue weighted by atomic mass is 9.99. The molecule has 0 fully saturated rings. The third-order valence-electron chi connectivity index (χ3n) is 6.02. The summed E-state index contributed by atoms with van der Waals surface area (Å²) in [7, 11) is -3.54. The van der Waals surface area contributed by atoms with Crippen molar-refractivity contribution < 1.29 is 31.1 Å². The number of sulfone groups is 1. The van der Waals surface area contributed by atoms with Gasteiger partial charge in [0.25, 0.3) is 0 Å². The average Bonchev–Trinajstić information content (AvgIpc) is 3.12. The average molecular weight is 616 g/mol. The number of rotatable bonds is 5. The molecular formula is C27H30BrF3N2O4S. The summed E-state index contributed by atoms with van der Waals surface area (Å²) in [5.41, 5.74) is 0.971. The van der Waals surface area contributed by atoms with Crippen LogP contribution < -0.4 is 5.32 Å². The van der Waals surface area contributed by atoms with Gasteiger partial charge in [-0.2, -0.15) is 0 Å². The number of carbonyl (C=O) groups is 1. The molecule has 11 heteroatoms. The number of aromatic nitrogens is 1. The molecule has 1 amide bonds. The van der Waals surface area contributed by atoms with E-state index in [2.05, 4.69) is 38.1 Å². The number of hydrogen-bond acceptors (Lipinski definition) is 5. The molecule has 1 heterocycles. The van der Waals surface area contributed by atoms with Crippen LogP contribution in [-0.2, 0) is 33.8 Å². The molecule has 0 saturated carbocycles. The first-order valence-electron chi connectivity index (χ1n) is 11.9. The van der Waals surface area contributed by atoms with E-state index in [0.717, 1.165) is 24.5 Å². The number of amides is 1. The number of nitrogens with one attached hydrogen (secondary N) is 1. The molecule has 3 rings (SSSR count). The molecule has 0 spiro atoms. The Morgan fingerprint density at radius 1 is 1.16 bits per heavy atom. The molecule has 0 saturated heterocycles. The number of hydrogen-bond donors (Lipinski definition) is 1. The molecule has 6 nitrogen and oxygen atoms in total. The number of fused-ring (bicyclic) bond motifs is 1. The molecular weight excluding hydrogens is 585 g/mol. The van der Waals surface area contributed by atoms with Crippen molar-refractivity contribution >= 4 is 31.9 Å². The third-order valence-corrected chi connectivity index (χ3v) is 8.86. The highest BCUT2D eigenvalue weighted by Gasteiger charge is 2.33. The van der Waals surface area contributed by atoms with Crippen LogP contribution in [0.1, 0.15) is 68.7 Å². The molecule has 1 aliphatic carbocycles. The quantitative estimate of drug-likeness (QED) is 0.447. The Balaban J connectivity index is 2.17. The Morgan fingerprint density at radius 2 is 1.74 bits per heavy atom. The van der Waals surface area contributed by atoms with Crippen LogP contribution >= 0.6 is 15.9 Å². The van der Waals surface area contributed by atoms with Gasteiger partial charge in [-0.15, -0.1) is 0 Å². The number of benzene rings is 1. The fraction of sp³-hybridized carbons (Fsp3) is 0.481. The van der Waals surface area contributed by atoms with Gasteiger partial charge in [-0.3, -0.25) is 0 Å². The van der Waals surface area contributed by atoms with Crippen LogP contribution in [-0.4, -0.2) is 42.3 Å². The monoisotopic (exact) mass is 614 g/mol. The lowest BCUT2D eigenvalue weighted by molar-refractivity contribution is 0.0502. The van der Waals surface area contributed by atoms with Crippen LogP contribution in [0.5, 0.6) is 0 Å². The van der Waals surface area contributed by atoms with E-state index in [1.807, 2.05) is 0 Å². The molecule has 206 valence electrons. The maximum absolute atomic E-state index is 14.5. The van der Waals surface area contributed by atoms with Crippen LogP contribution in [0.25, 0.3) is 0 Å². The van der Waals surface area contributed by atoms with E-state index in [1.165, 1.54) is 13.8 Å². The summed E-state index contributed by atoms with van der Waals surface area (Å²) in [6.07, 6.45) is -0.880. The molecule has 2 atom stereocenters. The lowest BCUT2D eigenvalue weighted by Gasteiger charge is -2.25. The summed E-state index contributed by atoms with van der Waals surface area (Å²) < 4.78 is 71.2.